The number of hydrogen-bond acceptors (Lipinski definition) is 1. The maximum atomic E-state index is 11.1. The van der Waals surface area contributed by atoms with E-state index in [9.17, 15) is 5.11 Å². The van der Waals surface area contributed by atoms with Crippen LogP contribution in [0.2, 0.25) is 19.6 Å². The summed E-state index contributed by atoms with van der Waals surface area (Å²) in [4.78, 5) is 0. The fourth-order valence-electron chi connectivity index (χ4n) is 3.24. The molecule has 20 heavy (non-hydrogen) atoms. The van der Waals surface area contributed by atoms with Crippen molar-refractivity contribution in [3.05, 3.63) is 24.8 Å². The van der Waals surface area contributed by atoms with Crippen molar-refractivity contribution in [2.75, 3.05) is 0 Å². The van der Waals surface area contributed by atoms with Crippen LogP contribution in [0.15, 0.2) is 24.8 Å². The van der Waals surface area contributed by atoms with Gasteiger partial charge in [-0.25, -0.2) is 0 Å². The number of aliphatic hydroxyl groups is 1. The highest BCUT2D eigenvalue weighted by atomic mass is 28.3. The summed E-state index contributed by atoms with van der Waals surface area (Å²) in [5, 5.41) is 11.1. The monoisotopic (exact) mass is 290 g/mol. The fourth-order valence-corrected chi connectivity index (χ4v) is 3.86. The standard InChI is InChI=1S/C18H30OSi/c1-7-8-13-18(14-9-11-16(18)2)17(3,19)12-10-15-20(4,5)6/h7,19H,1-2,8-9,11-14H2,3-6H3/t17?,18-/m0/s1. The van der Waals surface area contributed by atoms with E-state index in [1.54, 1.807) is 0 Å². The van der Waals surface area contributed by atoms with E-state index < -0.39 is 13.7 Å². The van der Waals surface area contributed by atoms with Gasteiger partial charge in [-0.1, -0.05) is 37.9 Å². The van der Waals surface area contributed by atoms with Gasteiger partial charge in [0.1, 0.15) is 8.07 Å². The average Bonchev–Trinajstić information content (AvgIpc) is 2.67. The quantitative estimate of drug-likeness (QED) is 0.442. The van der Waals surface area contributed by atoms with Gasteiger partial charge in [-0.3, -0.25) is 0 Å². The molecule has 0 aliphatic heterocycles. The lowest BCUT2D eigenvalue weighted by Gasteiger charge is -2.43. The van der Waals surface area contributed by atoms with E-state index in [1.165, 1.54) is 5.57 Å². The summed E-state index contributed by atoms with van der Waals surface area (Å²) in [7, 11) is -1.37. The van der Waals surface area contributed by atoms with Gasteiger partial charge < -0.3 is 5.11 Å². The second-order valence-corrected chi connectivity index (χ2v) is 12.1. The lowest BCUT2D eigenvalue weighted by molar-refractivity contribution is -0.0467. The Hall–Kier alpha value is -0.783. The molecule has 1 aliphatic rings. The summed E-state index contributed by atoms with van der Waals surface area (Å²) >= 11 is 0. The van der Waals surface area contributed by atoms with Gasteiger partial charge in [0.15, 0.2) is 0 Å². The Bertz CT molecular complexity index is 431. The van der Waals surface area contributed by atoms with E-state index in [0.717, 1.165) is 32.1 Å². The lowest BCUT2D eigenvalue weighted by Crippen LogP contribution is -2.45. The molecule has 0 amide bonds. The van der Waals surface area contributed by atoms with Crippen molar-refractivity contribution in [3.8, 4) is 11.5 Å². The van der Waals surface area contributed by atoms with Gasteiger partial charge in [-0.15, -0.1) is 18.0 Å². The molecule has 1 fully saturated rings. The zero-order chi connectivity index (χ0) is 15.4. The predicted octanol–water partition coefficient (Wildman–Crippen LogP) is 4.70. The molecule has 0 aromatic carbocycles. The Balaban J connectivity index is 2.96. The van der Waals surface area contributed by atoms with Crippen LogP contribution in [0.25, 0.3) is 0 Å². The minimum absolute atomic E-state index is 0.171. The first-order chi connectivity index (χ1) is 9.15. The molecule has 0 saturated heterocycles. The van der Waals surface area contributed by atoms with Crippen LogP contribution in [0.5, 0.6) is 0 Å². The Morgan fingerprint density at radius 3 is 2.55 bits per heavy atom. The van der Waals surface area contributed by atoms with Crippen molar-refractivity contribution < 1.29 is 5.11 Å². The lowest BCUT2D eigenvalue weighted by atomic mass is 9.65. The van der Waals surface area contributed by atoms with Crippen molar-refractivity contribution in [2.24, 2.45) is 5.41 Å². The van der Waals surface area contributed by atoms with E-state index in [1.807, 2.05) is 13.0 Å². The van der Waals surface area contributed by atoms with Gasteiger partial charge in [-0.2, -0.15) is 0 Å². The summed E-state index contributed by atoms with van der Waals surface area (Å²) in [6.45, 7) is 16.7. The third-order valence-corrected chi connectivity index (χ3v) is 5.39. The smallest absolute Gasteiger partial charge is 0.129 e. The van der Waals surface area contributed by atoms with Gasteiger partial charge in [-0.05, 0) is 39.0 Å². The Kier molecular flexibility index (Phi) is 5.46. The first-order valence-electron chi connectivity index (χ1n) is 7.66. The molecule has 0 aromatic rings. The third kappa shape index (κ3) is 3.87. The molecular formula is C18H30OSi. The van der Waals surface area contributed by atoms with E-state index in [4.69, 9.17) is 0 Å². The Labute approximate surface area is 126 Å². The fraction of sp³-hybridized carbons (Fsp3) is 0.667. The molecule has 0 heterocycles. The van der Waals surface area contributed by atoms with Crippen LogP contribution >= 0.6 is 0 Å². The average molecular weight is 291 g/mol. The molecule has 1 unspecified atom stereocenters. The molecule has 1 nitrogen and oxygen atoms in total. The molecule has 1 rings (SSSR count). The molecule has 2 heteroatoms. The van der Waals surface area contributed by atoms with Crippen LogP contribution in [0.3, 0.4) is 0 Å². The van der Waals surface area contributed by atoms with Crippen molar-refractivity contribution in [3.63, 3.8) is 0 Å². The van der Waals surface area contributed by atoms with Gasteiger partial charge in [0.25, 0.3) is 0 Å². The zero-order valence-electron chi connectivity index (χ0n) is 13.7. The highest BCUT2D eigenvalue weighted by molar-refractivity contribution is 6.83. The largest absolute Gasteiger partial charge is 0.388 e. The van der Waals surface area contributed by atoms with Crippen molar-refractivity contribution >= 4 is 8.07 Å². The molecule has 1 aliphatic carbocycles. The number of hydrogen-bond donors (Lipinski definition) is 1. The molecular weight excluding hydrogens is 260 g/mol. The molecule has 1 N–H and O–H groups in total. The van der Waals surface area contributed by atoms with Crippen LogP contribution in [0.4, 0.5) is 0 Å². The van der Waals surface area contributed by atoms with Crippen LogP contribution in [-0.2, 0) is 0 Å². The Morgan fingerprint density at radius 2 is 2.10 bits per heavy atom. The van der Waals surface area contributed by atoms with E-state index in [2.05, 4.69) is 44.3 Å². The van der Waals surface area contributed by atoms with Crippen molar-refractivity contribution in [1.82, 2.24) is 0 Å². The van der Waals surface area contributed by atoms with E-state index >= 15 is 0 Å². The van der Waals surface area contributed by atoms with Gasteiger partial charge in [0.05, 0.1) is 5.60 Å². The summed E-state index contributed by atoms with van der Waals surface area (Å²) < 4.78 is 0. The van der Waals surface area contributed by atoms with Crippen LogP contribution in [-0.4, -0.2) is 18.8 Å². The molecule has 0 spiro atoms. The highest BCUT2D eigenvalue weighted by Crippen LogP contribution is 2.53. The Morgan fingerprint density at radius 1 is 1.45 bits per heavy atom. The molecule has 0 radical (unpaired) electrons. The van der Waals surface area contributed by atoms with E-state index in [-0.39, 0.29) is 5.41 Å². The number of rotatable bonds is 5. The van der Waals surface area contributed by atoms with Crippen molar-refractivity contribution in [2.45, 2.75) is 70.7 Å². The van der Waals surface area contributed by atoms with Crippen LogP contribution in [0.1, 0.15) is 45.4 Å². The van der Waals surface area contributed by atoms with Gasteiger partial charge >= 0.3 is 0 Å². The maximum Gasteiger partial charge on any atom is 0.129 e. The van der Waals surface area contributed by atoms with Gasteiger partial charge in [0.2, 0.25) is 0 Å². The molecule has 0 aromatic heterocycles. The van der Waals surface area contributed by atoms with Crippen LogP contribution in [0, 0.1) is 16.9 Å². The topological polar surface area (TPSA) is 20.2 Å². The molecule has 0 bridgehead atoms. The summed E-state index contributed by atoms with van der Waals surface area (Å²) in [5.74, 6) is 3.26. The third-order valence-electron chi connectivity index (χ3n) is 4.46. The first-order valence-corrected chi connectivity index (χ1v) is 11.2. The van der Waals surface area contributed by atoms with Crippen molar-refractivity contribution in [1.29, 1.82) is 0 Å². The second kappa shape index (κ2) is 6.33. The molecule has 1 saturated carbocycles. The maximum absolute atomic E-state index is 11.1. The molecule has 112 valence electrons. The first kappa shape index (κ1) is 17.3. The molecule has 2 atom stereocenters. The van der Waals surface area contributed by atoms with E-state index in [0.29, 0.717) is 6.42 Å². The second-order valence-electron chi connectivity index (χ2n) is 7.37. The minimum atomic E-state index is -1.37. The highest BCUT2D eigenvalue weighted by Gasteiger charge is 2.49. The predicted molar refractivity (Wildman–Crippen MR) is 91.2 cm³/mol. The summed E-state index contributed by atoms with van der Waals surface area (Å²) in [5.41, 5.74) is 3.62. The van der Waals surface area contributed by atoms with Gasteiger partial charge in [0, 0.05) is 11.8 Å². The normalized spacial score (nSPS) is 25.8. The SMILES string of the molecule is C=CCC[C@]1(C(C)(O)CC#C[Si](C)(C)C)CCCC1=C. The number of allylic oxidation sites excluding steroid dienone is 1. The van der Waals surface area contributed by atoms with Crippen LogP contribution < -0.4 is 0 Å². The summed E-state index contributed by atoms with van der Waals surface area (Å²) in [6.07, 6.45) is 7.56. The summed E-state index contributed by atoms with van der Waals surface area (Å²) in [6, 6.07) is 0. The minimum Gasteiger partial charge on any atom is -0.388 e. The zero-order valence-corrected chi connectivity index (χ0v) is 14.7.